The second-order valence-electron chi connectivity index (χ2n) is 4.25. The summed E-state index contributed by atoms with van der Waals surface area (Å²) in [6.45, 7) is 3.46. The second-order valence-corrected chi connectivity index (χ2v) is 4.66. The molecule has 0 amide bonds. The van der Waals surface area contributed by atoms with Crippen LogP contribution in [0.3, 0.4) is 0 Å². The molecular weight excluding hydrogens is 299 g/mol. The van der Waals surface area contributed by atoms with Crippen molar-refractivity contribution in [2.24, 2.45) is 10.9 Å². The highest BCUT2D eigenvalue weighted by molar-refractivity contribution is 6.32. The van der Waals surface area contributed by atoms with Crippen molar-refractivity contribution in [2.45, 2.75) is 13.8 Å². The highest BCUT2D eigenvalue weighted by Crippen LogP contribution is 2.31. The number of hydrogen-bond acceptors (Lipinski definition) is 5. The van der Waals surface area contributed by atoms with E-state index >= 15 is 0 Å². The van der Waals surface area contributed by atoms with Gasteiger partial charge in [0.2, 0.25) is 5.88 Å². The first-order valence-corrected chi connectivity index (χ1v) is 6.26. The maximum absolute atomic E-state index is 13.0. The van der Waals surface area contributed by atoms with Gasteiger partial charge < -0.3 is 15.7 Å². The van der Waals surface area contributed by atoms with Crippen molar-refractivity contribution in [3.8, 4) is 11.6 Å². The number of hydrogen-bond donors (Lipinski definition) is 2. The SMILES string of the molecule is Cc1nnc(Oc2ccc(F)cc2Cl)c(/C(N)=N/O)c1C. The fraction of sp³-hybridized carbons (Fsp3) is 0.154. The molecule has 1 heterocycles. The Morgan fingerprint density at radius 1 is 1.38 bits per heavy atom. The highest BCUT2D eigenvalue weighted by Gasteiger charge is 2.18. The van der Waals surface area contributed by atoms with Crippen LogP contribution in [0, 0.1) is 19.7 Å². The highest BCUT2D eigenvalue weighted by atomic mass is 35.5. The van der Waals surface area contributed by atoms with Crippen molar-refractivity contribution < 1.29 is 14.3 Å². The van der Waals surface area contributed by atoms with E-state index in [9.17, 15) is 4.39 Å². The fourth-order valence-electron chi connectivity index (χ4n) is 1.67. The first-order chi connectivity index (χ1) is 9.93. The van der Waals surface area contributed by atoms with Gasteiger partial charge in [-0.15, -0.1) is 5.10 Å². The van der Waals surface area contributed by atoms with Crippen LogP contribution in [-0.4, -0.2) is 21.2 Å². The molecule has 0 saturated carbocycles. The number of nitrogens with zero attached hydrogens (tertiary/aromatic N) is 3. The zero-order valence-corrected chi connectivity index (χ0v) is 12.0. The average Bonchev–Trinajstić information content (AvgIpc) is 2.45. The molecule has 6 nitrogen and oxygen atoms in total. The summed E-state index contributed by atoms with van der Waals surface area (Å²) in [5, 5.41) is 19.7. The third-order valence-electron chi connectivity index (χ3n) is 2.89. The molecule has 8 heteroatoms. The maximum atomic E-state index is 13.0. The molecule has 0 unspecified atom stereocenters. The lowest BCUT2D eigenvalue weighted by molar-refractivity contribution is 0.318. The van der Waals surface area contributed by atoms with Gasteiger partial charge in [0.15, 0.2) is 5.84 Å². The molecule has 110 valence electrons. The van der Waals surface area contributed by atoms with E-state index in [1.165, 1.54) is 12.1 Å². The Hall–Kier alpha value is -2.41. The van der Waals surface area contributed by atoms with E-state index in [2.05, 4.69) is 15.4 Å². The summed E-state index contributed by atoms with van der Waals surface area (Å²) in [5.41, 5.74) is 7.19. The molecule has 0 bridgehead atoms. The minimum Gasteiger partial charge on any atom is -0.435 e. The number of aryl methyl sites for hydroxylation is 1. The normalized spacial score (nSPS) is 11.5. The molecule has 2 rings (SSSR count). The molecule has 1 aromatic heterocycles. The molecule has 0 aliphatic carbocycles. The summed E-state index contributed by atoms with van der Waals surface area (Å²) >= 11 is 5.89. The van der Waals surface area contributed by atoms with Gasteiger partial charge in [-0.3, -0.25) is 0 Å². The molecule has 0 spiro atoms. The molecule has 0 saturated heterocycles. The van der Waals surface area contributed by atoms with Crippen molar-refractivity contribution in [1.82, 2.24) is 10.2 Å². The molecule has 0 radical (unpaired) electrons. The Labute approximate surface area is 125 Å². The summed E-state index contributed by atoms with van der Waals surface area (Å²) in [4.78, 5) is 0. The average molecular weight is 311 g/mol. The molecular formula is C13H12ClFN4O2. The summed E-state index contributed by atoms with van der Waals surface area (Å²) in [6.07, 6.45) is 0. The second kappa shape index (κ2) is 5.92. The van der Waals surface area contributed by atoms with Crippen LogP contribution in [-0.2, 0) is 0 Å². The maximum Gasteiger partial charge on any atom is 0.250 e. The lowest BCUT2D eigenvalue weighted by Crippen LogP contribution is -2.18. The Kier molecular flexibility index (Phi) is 4.23. The van der Waals surface area contributed by atoms with Gasteiger partial charge in [-0.1, -0.05) is 16.8 Å². The van der Waals surface area contributed by atoms with Crippen LogP contribution in [0.15, 0.2) is 23.4 Å². The van der Waals surface area contributed by atoms with Crippen LogP contribution >= 0.6 is 11.6 Å². The molecule has 2 aromatic rings. The molecule has 3 N–H and O–H groups in total. The largest absolute Gasteiger partial charge is 0.435 e. The zero-order valence-electron chi connectivity index (χ0n) is 11.3. The third kappa shape index (κ3) is 3.03. The number of aromatic nitrogens is 2. The van der Waals surface area contributed by atoms with Crippen LogP contribution in [0.2, 0.25) is 5.02 Å². The third-order valence-corrected chi connectivity index (χ3v) is 3.18. The van der Waals surface area contributed by atoms with Crippen molar-refractivity contribution in [2.75, 3.05) is 0 Å². The van der Waals surface area contributed by atoms with Crippen molar-refractivity contribution in [3.63, 3.8) is 0 Å². The van der Waals surface area contributed by atoms with E-state index in [0.717, 1.165) is 6.07 Å². The van der Waals surface area contributed by atoms with E-state index in [0.29, 0.717) is 16.8 Å². The van der Waals surface area contributed by atoms with Crippen molar-refractivity contribution in [3.05, 3.63) is 45.9 Å². The molecule has 0 aliphatic rings. The quantitative estimate of drug-likeness (QED) is 0.393. The number of oxime groups is 1. The van der Waals surface area contributed by atoms with Gasteiger partial charge in [0.1, 0.15) is 11.6 Å². The van der Waals surface area contributed by atoms with Gasteiger partial charge in [0, 0.05) is 0 Å². The van der Waals surface area contributed by atoms with E-state index in [1.807, 2.05) is 0 Å². The van der Waals surface area contributed by atoms with Crippen LogP contribution in [0.4, 0.5) is 4.39 Å². The molecule has 1 aromatic carbocycles. The fourth-order valence-corrected chi connectivity index (χ4v) is 1.88. The van der Waals surface area contributed by atoms with E-state index in [-0.39, 0.29) is 22.5 Å². The lowest BCUT2D eigenvalue weighted by atomic mass is 10.1. The van der Waals surface area contributed by atoms with Crippen molar-refractivity contribution >= 4 is 17.4 Å². The minimum absolute atomic E-state index is 0.0157. The zero-order chi connectivity index (χ0) is 15.6. The predicted octanol–water partition coefficient (Wildman–Crippen LogP) is 2.77. The molecule has 0 fully saturated rings. The van der Waals surface area contributed by atoms with Crippen molar-refractivity contribution in [1.29, 1.82) is 0 Å². The van der Waals surface area contributed by atoms with Gasteiger partial charge in [-0.25, -0.2) is 4.39 Å². The van der Waals surface area contributed by atoms with Crippen LogP contribution < -0.4 is 10.5 Å². The Morgan fingerprint density at radius 2 is 2.10 bits per heavy atom. The van der Waals surface area contributed by atoms with Gasteiger partial charge >= 0.3 is 0 Å². The van der Waals surface area contributed by atoms with Crippen LogP contribution in [0.5, 0.6) is 11.6 Å². The monoisotopic (exact) mass is 310 g/mol. The first kappa shape index (κ1) is 15.0. The Balaban J connectivity index is 2.52. The van der Waals surface area contributed by atoms with Gasteiger partial charge in [0.05, 0.1) is 16.3 Å². The van der Waals surface area contributed by atoms with Gasteiger partial charge in [0.25, 0.3) is 0 Å². The van der Waals surface area contributed by atoms with Gasteiger partial charge in [-0.2, -0.15) is 5.10 Å². The predicted molar refractivity (Wildman–Crippen MR) is 75.5 cm³/mol. The Morgan fingerprint density at radius 3 is 2.71 bits per heavy atom. The summed E-state index contributed by atoms with van der Waals surface area (Å²) in [6, 6.07) is 3.65. The number of benzene rings is 1. The van der Waals surface area contributed by atoms with Crippen LogP contribution in [0.25, 0.3) is 0 Å². The number of rotatable bonds is 3. The number of amidine groups is 1. The van der Waals surface area contributed by atoms with E-state index in [1.54, 1.807) is 13.8 Å². The minimum atomic E-state index is -0.491. The van der Waals surface area contributed by atoms with Gasteiger partial charge in [-0.05, 0) is 37.6 Å². The summed E-state index contributed by atoms with van der Waals surface area (Å²) in [7, 11) is 0. The molecule has 0 atom stereocenters. The Bertz CT molecular complexity index is 722. The first-order valence-electron chi connectivity index (χ1n) is 5.88. The number of halogens is 2. The van der Waals surface area contributed by atoms with E-state index in [4.69, 9.17) is 27.3 Å². The lowest BCUT2D eigenvalue weighted by Gasteiger charge is -2.12. The standard InChI is InChI=1S/C13H12ClFN4O2/c1-6-7(2)17-18-13(11(6)12(16)19-20)21-10-4-3-8(15)5-9(10)14/h3-5,20H,1-2H3,(H2,16,19). The molecule has 0 aliphatic heterocycles. The summed E-state index contributed by atoms with van der Waals surface area (Å²) < 4.78 is 18.5. The number of nitrogens with two attached hydrogens (primary N) is 1. The molecule has 21 heavy (non-hydrogen) atoms. The smallest absolute Gasteiger partial charge is 0.250 e. The number of ether oxygens (including phenoxy) is 1. The van der Waals surface area contributed by atoms with E-state index < -0.39 is 5.82 Å². The van der Waals surface area contributed by atoms with Crippen LogP contribution in [0.1, 0.15) is 16.8 Å². The topological polar surface area (TPSA) is 93.6 Å². The summed E-state index contributed by atoms with van der Waals surface area (Å²) in [5.74, 6) is -0.460.